The first-order valence-electron chi connectivity index (χ1n) is 10.7. The second-order valence-corrected chi connectivity index (χ2v) is 7.69. The number of fused-ring (bicyclic) bond motifs is 1. The Morgan fingerprint density at radius 1 is 0.906 bits per heavy atom. The van der Waals surface area contributed by atoms with Crippen LogP contribution in [0.5, 0.6) is 5.75 Å². The van der Waals surface area contributed by atoms with Crippen LogP contribution in [0.25, 0.3) is 22.3 Å². The normalized spacial score (nSPS) is 16.9. The van der Waals surface area contributed by atoms with Crippen LogP contribution in [0.3, 0.4) is 0 Å². The van der Waals surface area contributed by atoms with E-state index in [-0.39, 0.29) is 0 Å². The zero-order valence-electron chi connectivity index (χ0n) is 18.0. The molecule has 2 aliphatic heterocycles. The van der Waals surface area contributed by atoms with E-state index in [0.717, 1.165) is 54.9 Å². The number of methoxy groups -OCH3 is 1. The average Bonchev–Trinajstić information content (AvgIpc) is 2.88. The van der Waals surface area contributed by atoms with Gasteiger partial charge in [-0.25, -0.2) is 4.98 Å². The summed E-state index contributed by atoms with van der Waals surface area (Å²) in [5, 5.41) is 0.900. The number of benzene rings is 1. The molecule has 0 radical (unpaired) electrons. The maximum Gasteiger partial charge on any atom is 0.229 e. The van der Waals surface area contributed by atoms with Gasteiger partial charge in [-0.15, -0.1) is 0 Å². The second-order valence-electron chi connectivity index (χ2n) is 7.69. The van der Waals surface area contributed by atoms with Gasteiger partial charge >= 0.3 is 0 Å². The lowest BCUT2D eigenvalue weighted by Crippen LogP contribution is -2.39. The number of pyridine rings is 1. The topological polar surface area (TPSA) is 89.9 Å². The molecule has 0 atom stereocenters. The predicted octanol–water partition coefficient (Wildman–Crippen LogP) is 2.19. The molecule has 2 saturated heterocycles. The van der Waals surface area contributed by atoms with Crippen LogP contribution in [0.15, 0.2) is 30.3 Å². The fourth-order valence-corrected chi connectivity index (χ4v) is 4.05. The summed E-state index contributed by atoms with van der Waals surface area (Å²) in [6, 6.07) is 9.42. The van der Waals surface area contributed by atoms with E-state index in [9.17, 15) is 4.79 Å². The highest BCUT2D eigenvalue weighted by Crippen LogP contribution is 2.30. The Morgan fingerprint density at radius 2 is 1.62 bits per heavy atom. The number of anilines is 2. The Morgan fingerprint density at radius 3 is 2.31 bits per heavy atom. The molecule has 0 unspecified atom stereocenters. The molecule has 0 spiro atoms. The fourth-order valence-electron chi connectivity index (χ4n) is 4.05. The number of nitrogens with zero attached hydrogens (tertiary/aromatic N) is 5. The molecule has 0 amide bonds. The van der Waals surface area contributed by atoms with Crippen molar-refractivity contribution in [1.82, 2.24) is 15.0 Å². The number of rotatable bonds is 5. The SMILES string of the molecule is COc1ccc(-c2ccc3c(N4CCOCC4)nc(N4CCOCC4)nc3n2)cc1C=O. The molecule has 2 aliphatic rings. The standard InChI is InChI=1S/C23H25N5O4/c1-30-20-5-2-16(14-17(20)15-29)19-4-3-18-21(24-19)25-23(28-8-12-32-13-9-28)26-22(18)27-6-10-31-11-7-27/h2-5,14-15H,6-13H2,1H3. The summed E-state index contributed by atoms with van der Waals surface area (Å²) >= 11 is 0. The maximum absolute atomic E-state index is 11.5. The van der Waals surface area contributed by atoms with Gasteiger partial charge in [-0.2, -0.15) is 9.97 Å². The molecule has 5 rings (SSSR count). The van der Waals surface area contributed by atoms with Crippen LogP contribution in [0.4, 0.5) is 11.8 Å². The van der Waals surface area contributed by atoms with Crippen molar-refractivity contribution in [1.29, 1.82) is 0 Å². The van der Waals surface area contributed by atoms with Crippen molar-refractivity contribution in [2.24, 2.45) is 0 Å². The Bertz CT molecular complexity index is 1130. The third-order valence-corrected chi connectivity index (χ3v) is 5.78. The molecule has 1 aromatic carbocycles. The van der Waals surface area contributed by atoms with E-state index in [1.54, 1.807) is 19.2 Å². The van der Waals surface area contributed by atoms with E-state index in [0.29, 0.717) is 49.3 Å². The molecule has 0 N–H and O–H groups in total. The molecule has 2 aromatic heterocycles. The monoisotopic (exact) mass is 435 g/mol. The first-order valence-corrected chi connectivity index (χ1v) is 10.7. The number of carbonyl (C=O) groups excluding carboxylic acids is 1. The minimum atomic E-state index is 0.484. The van der Waals surface area contributed by atoms with Crippen LogP contribution in [0.2, 0.25) is 0 Å². The third kappa shape index (κ3) is 3.96. The van der Waals surface area contributed by atoms with E-state index >= 15 is 0 Å². The molecule has 0 bridgehead atoms. The fraction of sp³-hybridized carbons (Fsp3) is 0.391. The van der Waals surface area contributed by atoms with Gasteiger partial charge in [0.25, 0.3) is 0 Å². The first-order chi connectivity index (χ1) is 15.8. The van der Waals surface area contributed by atoms with Crippen LogP contribution in [-0.4, -0.2) is 81.0 Å². The summed E-state index contributed by atoms with van der Waals surface area (Å²) in [4.78, 5) is 30.4. The molecule has 4 heterocycles. The molecular weight excluding hydrogens is 410 g/mol. The summed E-state index contributed by atoms with van der Waals surface area (Å²) in [5.41, 5.74) is 2.68. The molecule has 166 valence electrons. The Hall–Kier alpha value is -3.30. The van der Waals surface area contributed by atoms with Gasteiger partial charge in [-0.3, -0.25) is 4.79 Å². The van der Waals surface area contributed by atoms with Gasteiger partial charge in [-0.05, 0) is 30.3 Å². The molecule has 32 heavy (non-hydrogen) atoms. The van der Waals surface area contributed by atoms with Crippen molar-refractivity contribution in [3.63, 3.8) is 0 Å². The summed E-state index contributed by atoms with van der Waals surface area (Å²) in [7, 11) is 1.55. The third-order valence-electron chi connectivity index (χ3n) is 5.78. The highest BCUT2D eigenvalue weighted by molar-refractivity contribution is 5.90. The smallest absolute Gasteiger partial charge is 0.229 e. The molecule has 3 aromatic rings. The first kappa shape index (κ1) is 20.6. The van der Waals surface area contributed by atoms with Crippen molar-refractivity contribution in [3.05, 3.63) is 35.9 Å². The zero-order valence-corrected chi connectivity index (χ0v) is 18.0. The molecular formula is C23H25N5O4. The number of aromatic nitrogens is 3. The predicted molar refractivity (Wildman–Crippen MR) is 121 cm³/mol. The molecule has 0 saturated carbocycles. The lowest BCUT2D eigenvalue weighted by atomic mass is 10.1. The number of hydrogen-bond acceptors (Lipinski definition) is 9. The number of morpholine rings is 2. The molecule has 9 heteroatoms. The highest BCUT2D eigenvalue weighted by Gasteiger charge is 2.22. The van der Waals surface area contributed by atoms with E-state index in [2.05, 4.69) is 9.80 Å². The van der Waals surface area contributed by atoms with E-state index in [1.807, 2.05) is 18.2 Å². The number of hydrogen-bond donors (Lipinski definition) is 0. The Labute approximate surface area is 185 Å². The quantitative estimate of drug-likeness (QED) is 0.559. The maximum atomic E-state index is 11.5. The summed E-state index contributed by atoms with van der Waals surface area (Å²) in [6.07, 6.45) is 0.790. The highest BCUT2D eigenvalue weighted by atomic mass is 16.5. The minimum Gasteiger partial charge on any atom is -0.496 e. The summed E-state index contributed by atoms with van der Waals surface area (Å²) in [5.74, 6) is 2.08. The van der Waals surface area contributed by atoms with Crippen molar-refractivity contribution >= 4 is 29.1 Å². The van der Waals surface area contributed by atoms with Gasteiger partial charge in [0.15, 0.2) is 11.9 Å². The number of ether oxygens (including phenoxy) is 3. The molecule has 9 nitrogen and oxygen atoms in total. The average molecular weight is 435 g/mol. The zero-order chi connectivity index (χ0) is 21.9. The van der Waals surface area contributed by atoms with Crippen LogP contribution in [0, 0.1) is 0 Å². The van der Waals surface area contributed by atoms with Crippen molar-refractivity contribution < 1.29 is 19.0 Å². The Kier molecular flexibility index (Phi) is 5.83. The van der Waals surface area contributed by atoms with E-state index in [4.69, 9.17) is 29.2 Å². The van der Waals surface area contributed by atoms with Crippen LogP contribution >= 0.6 is 0 Å². The van der Waals surface area contributed by atoms with Gasteiger partial charge in [-0.1, -0.05) is 0 Å². The molecule has 0 aliphatic carbocycles. The van der Waals surface area contributed by atoms with Gasteiger partial charge in [0.05, 0.1) is 50.2 Å². The second kappa shape index (κ2) is 9.05. The van der Waals surface area contributed by atoms with Crippen molar-refractivity contribution in [2.45, 2.75) is 0 Å². The number of aldehydes is 1. The number of carbonyl (C=O) groups is 1. The summed E-state index contributed by atoms with van der Waals surface area (Å²) < 4.78 is 16.3. The van der Waals surface area contributed by atoms with Gasteiger partial charge < -0.3 is 24.0 Å². The van der Waals surface area contributed by atoms with Gasteiger partial charge in [0.2, 0.25) is 5.95 Å². The van der Waals surface area contributed by atoms with Crippen molar-refractivity contribution in [3.8, 4) is 17.0 Å². The lowest BCUT2D eigenvalue weighted by Gasteiger charge is -2.31. The van der Waals surface area contributed by atoms with E-state index in [1.165, 1.54) is 0 Å². The van der Waals surface area contributed by atoms with Gasteiger partial charge in [0, 0.05) is 31.7 Å². The van der Waals surface area contributed by atoms with Crippen molar-refractivity contribution in [2.75, 3.05) is 69.5 Å². The largest absolute Gasteiger partial charge is 0.496 e. The van der Waals surface area contributed by atoms with E-state index < -0.39 is 0 Å². The van der Waals surface area contributed by atoms with Crippen LogP contribution < -0.4 is 14.5 Å². The van der Waals surface area contributed by atoms with Crippen LogP contribution in [0.1, 0.15) is 10.4 Å². The van der Waals surface area contributed by atoms with Gasteiger partial charge in [0.1, 0.15) is 11.6 Å². The summed E-state index contributed by atoms with van der Waals surface area (Å²) in [6.45, 7) is 5.69. The minimum absolute atomic E-state index is 0.484. The molecule has 2 fully saturated rings. The lowest BCUT2D eigenvalue weighted by molar-refractivity contribution is 0.112. The van der Waals surface area contributed by atoms with Crippen LogP contribution in [-0.2, 0) is 9.47 Å². The Balaban J connectivity index is 1.61.